The van der Waals surface area contributed by atoms with Crippen LogP contribution in [0.3, 0.4) is 0 Å². The van der Waals surface area contributed by atoms with Crippen LogP contribution in [0.2, 0.25) is 0 Å². The Labute approximate surface area is 72.3 Å². The molecule has 0 bridgehead atoms. The number of hydrogen-bond donors (Lipinski definition) is 2. The molecular weight excluding hydrogens is 154 g/mol. The van der Waals surface area contributed by atoms with Crippen LogP contribution < -0.4 is 5.48 Å². The van der Waals surface area contributed by atoms with Crippen molar-refractivity contribution in [3.05, 3.63) is 17.7 Å². The number of imidazole rings is 1. The molecule has 0 atom stereocenters. The van der Waals surface area contributed by atoms with Gasteiger partial charge in [-0.25, -0.2) is 4.98 Å². The Bertz CT molecular complexity index is 232. The zero-order valence-electron chi connectivity index (χ0n) is 7.72. The maximum absolute atomic E-state index is 4.72. The Hall–Kier alpha value is -0.870. The van der Waals surface area contributed by atoms with Crippen LogP contribution in [-0.4, -0.2) is 17.1 Å². The van der Waals surface area contributed by atoms with Crippen LogP contribution in [0.25, 0.3) is 0 Å². The second-order valence-corrected chi connectivity index (χ2v) is 2.97. The van der Waals surface area contributed by atoms with Crippen molar-refractivity contribution in [3.8, 4) is 0 Å². The van der Waals surface area contributed by atoms with Crippen LogP contribution in [0.1, 0.15) is 31.3 Å². The molecular formula is C8H15N3O. The van der Waals surface area contributed by atoms with Crippen molar-refractivity contribution in [1.82, 2.24) is 15.4 Å². The Morgan fingerprint density at radius 1 is 1.67 bits per heavy atom. The molecule has 4 heteroatoms. The zero-order valence-corrected chi connectivity index (χ0v) is 7.72. The Morgan fingerprint density at radius 2 is 2.42 bits per heavy atom. The normalized spacial score (nSPS) is 11.0. The molecule has 0 aliphatic heterocycles. The molecule has 0 aliphatic rings. The van der Waals surface area contributed by atoms with E-state index in [-0.39, 0.29) is 0 Å². The first kappa shape index (κ1) is 9.22. The summed E-state index contributed by atoms with van der Waals surface area (Å²) in [5.74, 6) is 1.46. The predicted molar refractivity (Wildman–Crippen MR) is 46.5 cm³/mol. The summed E-state index contributed by atoms with van der Waals surface area (Å²) in [7, 11) is 1.60. The van der Waals surface area contributed by atoms with Crippen molar-refractivity contribution < 1.29 is 4.84 Å². The number of aromatic nitrogens is 2. The van der Waals surface area contributed by atoms with E-state index in [1.807, 2.05) is 6.20 Å². The van der Waals surface area contributed by atoms with Gasteiger partial charge in [-0.2, -0.15) is 5.48 Å². The molecule has 0 aliphatic carbocycles. The SMILES string of the molecule is CONCc1cnc(C(C)C)[nH]1. The lowest BCUT2D eigenvalue weighted by Gasteiger charge is -1.99. The molecule has 1 aromatic rings. The molecule has 0 radical (unpaired) electrons. The second kappa shape index (κ2) is 4.23. The molecule has 1 heterocycles. The molecule has 68 valence electrons. The summed E-state index contributed by atoms with van der Waals surface area (Å²) >= 11 is 0. The maximum Gasteiger partial charge on any atom is 0.108 e. The van der Waals surface area contributed by atoms with Crippen molar-refractivity contribution in [2.45, 2.75) is 26.3 Å². The van der Waals surface area contributed by atoms with E-state index in [0.717, 1.165) is 11.5 Å². The highest BCUT2D eigenvalue weighted by molar-refractivity contribution is 5.03. The standard InChI is InChI=1S/C8H15N3O/c1-6(2)8-9-4-7(11-8)5-10-12-3/h4,6,10H,5H2,1-3H3,(H,9,11). The lowest BCUT2D eigenvalue weighted by molar-refractivity contribution is 0.0859. The summed E-state index contributed by atoms with van der Waals surface area (Å²) in [6, 6.07) is 0. The average molecular weight is 169 g/mol. The highest BCUT2D eigenvalue weighted by atomic mass is 16.6. The van der Waals surface area contributed by atoms with Gasteiger partial charge in [0.15, 0.2) is 0 Å². The predicted octanol–water partition coefficient (Wildman–Crippen LogP) is 1.18. The number of H-pyrrole nitrogens is 1. The summed E-state index contributed by atoms with van der Waals surface area (Å²) < 4.78 is 0. The van der Waals surface area contributed by atoms with Gasteiger partial charge in [0, 0.05) is 12.1 Å². The monoisotopic (exact) mass is 169 g/mol. The van der Waals surface area contributed by atoms with Gasteiger partial charge in [-0.15, -0.1) is 0 Å². The Kier molecular flexibility index (Phi) is 3.25. The maximum atomic E-state index is 4.72. The topological polar surface area (TPSA) is 49.9 Å². The molecule has 0 saturated heterocycles. The van der Waals surface area contributed by atoms with Crippen molar-refractivity contribution in [2.24, 2.45) is 0 Å². The van der Waals surface area contributed by atoms with Gasteiger partial charge in [0.2, 0.25) is 0 Å². The summed E-state index contributed by atoms with van der Waals surface area (Å²) in [6.45, 7) is 4.87. The highest BCUT2D eigenvalue weighted by Crippen LogP contribution is 2.08. The third-order valence-corrected chi connectivity index (χ3v) is 1.60. The summed E-state index contributed by atoms with van der Waals surface area (Å²) in [5, 5.41) is 0. The summed E-state index contributed by atoms with van der Waals surface area (Å²) in [4.78, 5) is 12.1. The molecule has 0 saturated carbocycles. The molecule has 0 amide bonds. The Balaban J connectivity index is 2.52. The molecule has 0 spiro atoms. The van der Waals surface area contributed by atoms with E-state index < -0.39 is 0 Å². The minimum absolute atomic E-state index is 0.446. The third-order valence-electron chi connectivity index (χ3n) is 1.60. The van der Waals surface area contributed by atoms with Gasteiger partial charge in [0.05, 0.1) is 19.3 Å². The van der Waals surface area contributed by atoms with Crippen LogP contribution in [0.4, 0.5) is 0 Å². The van der Waals surface area contributed by atoms with Gasteiger partial charge in [-0.05, 0) is 0 Å². The summed E-state index contributed by atoms with van der Waals surface area (Å²) in [6.07, 6.45) is 1.82. The van der Waals surface area contributed by atoms with Crippen LogP contribution in [0, 0.1) is 0 Å². The van der Waals surface area contributed by atoms with Gasteiger partial charge in [-0.1, -0.05) is 13.8 Å². The number of nitrogens with zero attached hydrogens (tertiary/aromatic N) is 1. The van der Waals surface area contributed by atoms with E-state index >= 15 is 0 Å². The van der Waals surface area contributed by atoms with E-state index in [9.17, 15) is 0 Å². The fraction of sp³-hybridized carbons (Fsp3) is 0.625. The van der Waals surface area contributed by atoms with Gasteiger partial charge in [0.25, 0.3) is 0 Å². The van der Waals surface area contributed by atoms with Crippen molar-refractivity contribution >= 4 is 0 Å². The van der Waals surface area contributed by atoms with Crippen LogP contribution >= 0.6 is 0 Å². The highest BCUT2D eigenvalue weighted by Gasteiger charge is 2.03. The van der Waals surface area contributed by atoms with Gasteiger partial charge >= 0.3 is 0 Å². The van der Waals surface area contributed by atoms with E-state index in [1.165, 1.54) is 0 Å². The second-order valence-electron chi connectivity index (χ2n) is 2.97. The number of hydroxylamine groups is 1. The van der Waals surface area contributed by atoms with Crippen molar-refractivity contribution in [3.63, 3.8) is 0 Å². The first-order chi connectivity index (χ1) is 5.74. The van der Waals surface area contributed by atoms with E-state index in [2.05, 4.69) is 29.3 Å². The molecule has 1 rings (SSSR count). The fourth-order valence-electron chi connectivity index (χ4n) is 0.910. The smallest absolute Gasteiger partial charge is 0.108 e. The lowest BCUT2D eigenvalue weighted by atomic mass is 10.2. The lowest BCUT2D eigenvalue weighted by Crippen LogP contribution is -2.10. The van der Waals surface area contributed by atoms with E-state index in [4.69, 9.17) is 4.84 Å². The number of rotatable bonds is 4. The average Bonchev–Trinajstić information content (AvgIpc) is 2.48. The quantitative estimate of drug-likeness (QED) is 0.665. The fourth-order valence-corrected chi connectivity index (χ4v) is 0.910. The molecule has 2 N–H and O–H groups in total. The van der Waals surface area contributed by atoms with E-state index in [1.54, 1.807) is 7.11 Å². The van der Waals surface area contributed by atoms with Crippen LogP contribution in [-0.2, 0) is 11.4 Å². The van der Waals surface area contributed by atoms with Gasteiger partial charge in [0.1, 0.15) is 5.82 Å². The largest absolute Gasteiger partial charge is 0.345 e. The number of hydrogen-bond acceptors (Lipinski definition) is 3. The van der Waals surface area contributed by atoms with Crippen LogP contribution in [0.15, 0.2) is 6.20 Å². The Morgan fingerprint density at radius 3 is 2.92 bits per heavy atom. The zero-order chi connectivity index (χ0) is 8.97. The minimum Gasteiger partial charge on any atom is -0.345 e. The molecule has 4 nitrogen and oxygen atoms in total. The number of nitrogens with one attached hydrogen (secondary N) is 2. The molecule has 0 unspecified atom stereocenters. The first-order valence-electron chi connectivity index (χ1n) is 4.03. The first-order valence-corrected chi connectivity index (χ1v) is 4.03. The molecule has 0 aromatic carbocycles. The van der Waals surface area contributed by atoms with Crippen LogP contribution in [0.5, 0.6) is 0 Å². The van der Waals surface area contributed by atoms with Crippen molar-refractivity contribution in [2.75, 3.05) is 7.11 Å². The van der Waals surface area contributed by atoms with Gasteiger partial charge < -0.3 is 9.82 Å². The number of aromatic amines is 1. The molecule has 0 fully saturated rings. The molecule has 12 heavy (non-hydrogen) atoms. The van der Waals surface area contributed by atoms with Crippen molar-refractivity contribution in [1.29, 1.82) is 0 Å². The molecule has 1 aromatic heterocycles. The van der Waals surface area contributed by atoms with E-state index in [0.29, 0.717) is 12.5 Å². The summed E-state index contributed by atoms with van der Waals surface area (Å²) in [5.41, 5.74) is 3.79. The third kappa shape index (κ3) is 2.32. The van der Waals surface area contributed by atoms with Gasteiger partial charge in [-0.3, -0.25) is 0 Å². The minimum atomic E-state index is 0.446.